The van der Waals surface area contributed by atoms with Crippen LogP contribution in [0.1, 0.15) is 20.8 Å². The zero-order chi connectivity index (χ0) is 13.1. The van der Waals surface area contributed by atoms with E-state index in [-0.39, 0.29) is 6.61 Å². The smallest absolute Gasteiger partial charge is 0.410 e. The predicted molar refractivity (Wildman–Crippen MR) is 59.5 cm³/mol. The molecular formula is C11H20FNO4. The van der Waals surface area contributed by atoms with Crippen molar-refractivity contribution in [3.63, 3.8) is 0 Å². The van der Waals surface area contributed by atoms with E-state index in [0.29, 0.717) is 13.2 Å². The molecule has 0 aromatic rings. The average molecular weight is 249 g/mol. The van der Waals surface area contributed by atoms with Gasteiger partial charge >= 0.3 is 6.09 Å². The van der Waals surface area contributed by atoms with Crippen molar-refractivity contribution in [1.29, 1.82) is 0 Å². The quantitative estimate of drug-likeness (QED) is 0.791. The van der Waals surface area contributed by atoms with Gasteiger partial charge in [-0.15, -0.1) is 0 Å². The number of carbonyl (C=O) groups excluding carboxylic acids is 1. The lowest BCUT2D eigenvalue weighted by atomic mass is 10.1. The van der Waals surface area contributed by atoms with Crippen LogP contribution >= 0.6 is 0 Å². The summed E-state index contributed by atoms with van der Waals surface area (Å²) in [6.07, 6.45) is -1.78. The van der Waals surface area contributed by atoms with Gasteiger partial charge in [-0.05, 0) is 20.8 Å². The summed E-state index contributed by atoms with van der Waals surface area (Å²) in [7, 11) is 0. The molecule has 1 saturated heterocycles. The van der Waals surface area contributed by atoms with Crippen LogP contribution < -0.4 is 0 Å². The van der Waals surface area contributed by atoms with Crippen molar-refractivity contribution in [2.75, 3.05) is 26.4 Å². The minimum Gasteiger partial charge on any atom is -0.444 e. The average Bonchev–Trinajstić information content (AvgIpc) is 2.25. The third-order valence-corrected chi connectivity index (χ3v) is 2.40. The van der Waals surface area contributed by atoms with E-state index >= 15 is 0 Å². The number of amides is 1. The van der Waals surface area contributed by atoms with Crippen molar-refractivity contribution in [2.45, 2.75) is 38.5 Å². The Balaban J connectivity index is 2.67. The number of rotatable bonds is 2. The van der Waals surface area contributed by atoms with Crippen molar-refractivity contribution in [3.05, 3.63) is 0 Å². The molecule has 0 radical (unpaired) electrons. The highest BCUT2D eigenvalue weighted by molar-refractivity contribution is 5.68. The van der Waals surface area contributed by atoms with Crippen LogP contribution in [-0.4, -0.2) is 60.3 Å². The van der Waals surface area contributed by atoms with Gasteiger partial charge in [0.05, 0.1) is 19.3 Å². The second-order valence-electron chi connectivity index (χ2n) is 5.04. The Kier molecular flexibility index (Phi) is 4.70. The molecular weight excluding hydrogens is 229 g/mol. The molecule has 1 aliphatic heterocycles. The maximum Gasteiger partial charge on any atom is 0.410 e. The molecule has 6 heteroatoms. The van der Waals surface area contributed by atoms with Crippen LogP contribution in [0.3, 0.4) is 0 Å². The second-order valence-corrected chi connectivity index (χ2v) is 5.04. The molecule has 100 valence electrons. The van der Waals surface area contributed by atoms with Crippen molar-refractivity contribution in [1.82, 2.24) is 4.90 Å². The van der Waals surface area contributed by atoms with Crippen LogP contribution in [0.4, 0.5) is 9.18 Å². The molecule has 1 amide bonds. The highest BCUT2D eigenvalue weighted by Crippen LogP contribution is 2.16. The minimum atomic E-state index is -1.23. The Bertz CT molecular complexity index is 267. The number of nitrogens with zero attached hydrogens (tertiary/aromatic N) is 1. The highest BCUT2D eigenvalue weighted by Gasteiger charge is 2.35. The molecule has 1 heterocycles. The first-order valence-electron chi connectivity index (χ1n) is 5.66. The second kappa shape index (κ2) is 5.64. The maximum absolute atomic E-state index is 12.5. The first-order valence-corrected chi connectivity index (χ1v) is 5.66. The number of ether oxygens (including phenoxy) is 2. The Morgan fingerprint density at radius 3 is 2.82 bits per heavy atom. The highest BCUT2D eigenvalue weighted by atomic mass is 19.1. The number of aliphatic hydroxyl groups is 1. The molecule has 0 bridgehead atoms. The fourth-order valence-corrected chi connectivity index (χ4v) is 1.59. The van der Waals surface area contributed by atoms with Gasteiger partial charge in [-0.25, -0.2) is 9.18 Å². The lowest BCUT2D eigenvalue weighted by Gasteiger charge is -2.38. The van der Waals surface area contributed by atoms with Gasteiger partial charge in [-0.2, -0.15) is 0 Å². The maximum atomic E-state index is 12.5. The molecule has 0 aromatic carbocycles. The van der Waals surface area contributed by atoms with E-state index in [1.165, 1.54) is 4.90 Å². The molecule has 1 fully saturated rings. The topological polar surface area (TPSA) is 59.0 Å². The van der Waals surface area contributed by atoms with E-state index in [9.17, 15) is 14.3 Å². The summed E-state index contributed by atoms with van der Waals surface area (Å²) in [5.74, 6) is 0. The van der Waals surface area contributed by atoms with Crippen molar-refractivity contribution >= 4 is 6.09 Å². The SMILES string of the molecule is CC(C)(C)OC(=O)N1CCOCC1C(O)CF. The number of carbonyl (C=O) groups is 1. The van der Waals surface area contributed by atoms with E-state index in [1.54, 1.807) is 20.8 Å². The monoisotopic (exact) mass is 249 g/mol. The zero-order valence-corrected chi connectivity index (χ0v) is 10.5. The van der Waals surface area contributed by atoms with Gasteiger partial charge in [0.25, 0.3) is 0 Å². The molecule has 0 aromatic heterocycles. The van der Waals surface area contributed by atoms with Gasteiger partial charge < -0.3 is 14.6 Å². The number of halogens is 1. The Morgan fingerprint density at radius 2 is 2.29 bits per heavy atom. The van der Waals surface area contributed by atoms with E-state index in [2.05, 4.69) is 0 Å². The van der Waals surface area contributed by atoms with E-state index < -0.39 is 30.5 Å². The van der Waals surface area contributed by atoms with Crippen LogP contribution in [0, 0.1) is 0 Å². The summed E-state index contributed by atoms with van der Waals surface area (Å²) in [5.41, 5.74) is -0.611. The third-order valence-electron chi connectivity index (χ3n) is 2.40. The molecule has 1 N–H and O–H groups in total. The summed E-state index contributed by atoms with van der Waals surface area (Å²) >= 11 is 0. The zero-order valence-electron chi connectivity index (χ0n) is 10.5. The summed E-state index contributed by atoms with van der Waals surface area (Å²) in [5, 5.41) is 9.50. The van der Waals surface area contributed by atoms with Gasteiger partial charge in [0, 0.05) is 6.54 Å². The van der Waals surface area contributed by atoms with Crippen LogP contribution in [0.25, 0.3) is 0 Å². The minimum absolute atomic E-state index is 0.129. The molecule has 1 rings (SSSR count). The Morgan fingerprint density at radius 1 is 1.65 bits per heavy atom. The number of hydrogen-bond donors (Lipinski definition) is 1. The fraction of sp³-hybridized carbons (Fsp3) is 0.909. The molecule has 2 unspecified atom stereocenters. The molecule has 0 spiro atoms. The normalized spacial score (nSPS) is 23.4. The van der Waals surface area contributed by atoms with Crippen molar-refractivity contribution in [2.24, 2.45) is 0 Å². The Labute approximate surface area is 100 Å². The predicted octanol–water partition coefficient (Wildman–Crippen LogP) is 0.953. The summed E-state index contributed by atoms with van der Waals surface area (Å²) in [6, 6.07) is -0.677. The van der Waals surface area contributed by atoms with Crippen LogP contribution in [0.15, 0.2) is 0 Å². The molecule has 17 heavy (non-hydrogen) atoms. The van der Waals surface area contributed by atoms with Crippen molar-refractivity contribution in [3.8, 4) is 0 Å². The van der Waals surface area contributed by atoms with Crippen LogP contribution in [-0.2, 0) is 9.47 Å². The van der Waals surface area contributed by atoms with Crippen molar-refractivity contribution < 1.29 is 23.8 Å². The van der Waals surface area contributed by atoms with Gasteiger partial charge in [-0.3, -0.25) is 4.90 Å². The number of hydrogen-bond acceptors (Lipinski definition) is 4. The van der Waals surface area contributed by atoms with E-state index in [0.717, 1.165) is 0 Å². The largest absolute Gasteiger partial charge is 0.444 e. The Hall–Kier alpha value is -0.880. The van der Waals surface area contributed by atoms with E-state index in [1.807, 2.05) is 0 Å². The molecule has 5 nitrogen and oxygen atoms in total. The van der Waals surface area contributed by atoms with Gasteiger partial charge in [0.15, 0.2) is 0 Å². The standard InChI is InChI=1S/C11H20FNO4/c1-11(2,3)17-10(15)13-4-5-16-7-8(13)9(14)6-12/h8-9,14H,4-7H2,1-3H3. The van der Waals surface area contributed by atoms with Crippen LogP contribution in [0.5, 0.6) is 0 Å². The van der Waals surface area contributed by atoms with Crippen LogP contribution in [0.2, 0.25) is 0 Å². The number of morpholine rings is 1. The number of aliphatic hydroxyl groups excluding tert-OH is 1. The molecule has 0 saturated carbocycles. The summed E-state index contributed by atoms with van der Waals surface area (Å²) < 4.78 is 22.8. The third kappa shape index (κ3) is 4.12. The van der Waals surface area contributed by atoms with Gasteiger partial charge in [0.1, 0.15) is 18.4 Å². The van der Waals surface area contributed by atoms with E-state index in [4.69, 9.17) is 9.47 Å². The first-order chi connectivity index (χ1) is 7.85. The fourth-order valence-electron chi connectivity index (χ4n) is 1.59. The number of alkyl halides is 1. The molecule has 0 aliphatic carbocycles. The lowest BCUT2D eigenvalue weighted by molar-refractivity contribution is -0.0702. The van der Waals surface area contributed by atoms with Gasteiger partial charge in [-0.1, -0.05) is 0 Å². The molecule has 1 aliphatic rings. The first kappa shape index (κ1) is 14.2. The summed E-state index contributed by atoms with van der Waals surface area (Å²) in [4.78, 5) is 13.2. The lowest BCUT2D eigenvalue weighted by Crippen LogP contribution is -2.55. The van der Waals surface area contributed by atoms with Gasteiger partial charge in [0.2, 0.25) is 0 Å². The molecule has 2 atom stereocenters. The summed E-state index contributed by atoms with van der Waals surface area (Å²) in [6.45, 7) is 5.16.